The Labute approximate surface area is 83.8 Å². The van der Waals surface area contributed by atoms with Crippen molar-refractivity contribution in [1.82, 2.24) is 4.90 Å². The number of carbonyl (C=O) groups is 1. The Morgan fingerprint density at radius 2 is 2.00 bits per heavy atom. The standard InChI is InChI=1S/C10H17NO3/c1-11-8-2-7(4-10(12)13)3-9(11)6-14-5-8/h7-9H,2-6H2,1H3,(H,12,13)/t7-,8-,9+. The molecular weight excluding hydrogens is 182 g/mol. The van der Waals surface area contributed by atoms with Gasteiger partial charge in [0.1, 0.15) is 0 Å². The van der Waals surface area contributed by atoms with Crippen molar-refractivity contribution in [3.8, 4) is 0 Å². The van der Waals surface area contributed by atoms with E-state index in [-0.39, 0.29) is 0 Å². The van der Waals surface area contributed by atoms with Gasteiger partial charge in [0.2, 0.25) is 0 Å². The molecule has 0 aliphatic carbocycles. The molecule has 4 nitrogen and oxygen atoms in total. The first-order valence-corrected chi connectivity index (χ1v) is 5.18. The van der Waals surface area contributed by atoms with Gasteiger partial charge in [-0.05, 0) is 25.8 Å². The number of nitrogens with zero attached hydrogens (tertiary/aromatic N) is 1. The van der Waals surface area contributed by atoms with E-state index in [0.29, 0.717) is 24.4 Å². The van der Waals surface area contributed by atoms with Crippen LogP contribution in [-0.2, 0) is 9.53 Å². The average Bonchev–Trinajstić information content (AvgIpc) is 2.05. The number of piperidine rings is 1. The first-order valence-electron chi connectivity index (χ1n) is 5.18. The third-order valence-corrected chi connectivity index (χ3v) is 3.45. The molecule has 14 heavy (non-hydrogen) atoms. The highest BCUT2D eigenvalue weighted by Crippen LogP contribution is 2.31. The van der Waals surface area contributed by atoms with E-state index in [1.807, 2.05) is 0 Å². The summed E-state index contributed by atoms with van der Waals surface area (Å²) >= 11 is 0. The minimum absolute atomic E-state index is 0.320. The van der Waals surface area contributed by atoms with Gasteiger partial charge in [-0.1, -0.05) is 0 Å². The van der Waals surface area contributed by atoms with E-state index in [1.165, 1.54) is 0 Å². The minimum Gasteiger partial charge on any atom is -0.481 e. The number of carboxylic acid groups (broad SMARTS) is 1. The summed E-state index contributed by atoms with van der Waals surface area (Å²) in [6.07, 6.45) is 2.26. The molecule has 3 atom stereocenters. The number of carboxylic acids is 1. The maximum atomic E-state index is 10.6. The van der Waals surface area contributed by atoms with Gasteiger partial charge >= 0.3 is 5.97 Å². The third-order valence-electron chi connectivity index (χ3n) is 3.45. The summed E-state index contributed by atoms with van der Waals surface area (Å²) in [5.41, 5.74) is 0. The second-order valence-electron chi connectivity index (χ2n) is 4.45. The summed E-state index contributed by atoms with van der Waals surface area (Å²) in [4.78, 5) is 13.0. The predicted molar refractivity (Wildman–Crippen MR) is 51.1 cm³/mol. The van der Waals surface area contributed by atoms with E-state index in [0.717, 1.165) is 26.1 Å². The first-order chi connectivity index (χ1) is 6.66. The van der Waals surface area contributed by atoms with Crippen LogP contribution in [-0.4, -0.2) is 48.3 Å². The maximum absolute atomic E-state index is 10.6. The van der Waals surface area contributed by atoms with Crippen LogP contribution < -0.4 is 0 Å². The van der Waals surface area contributed by atoms with Crippen LogP contribution in [0.25, 0.3) is 0 Å². The molecule has 0 saturated carbocycles. The van der Waals surface area contributed by atoms with Gasteiger partial charge in [-0.25, -0.2) is 0 Å². The van der Waals surface area contributed by atoms with Crippen LogP contribution in [0.3, 0.4) is 0 Å². The average molecular weight is 199 g/mol. The van der Waals surface area contributed by atoms with Crippen LogP contribution in [0.4, 0.5) is 0 Å². The van der Waals surface area contributed by atoms with E-state index < -0.39 is 5.97 Å². The fourth-order valence-electron chi connectivity index (χ4n) is 2.62. The lowest BCUT2D eigenvalue weighted by Gasteiger charge is -2.46. The molecule has 2 rings (SSSR count). The van der Waals surface area contributed by atoms with Gasteiger partial charge in [-0.2, -0.15) is 0 Å². The van der Waals surface area contributed by atoms with Crippen molar-refractivity contribution < 1.29 is 14.6 Å². The molecule has 80 valence electrons. The van der Waals surface area contributed by atoms with Crippen LogP contribution in [0.15, 0.2) is 0 Å². The maximum Gasteiger partial charge on any atom is 0.303 e. The van der Waals surface area contributed by atoms with E-state index in [4.69, 9.17) is 9.84 Å². The van der Waals surface area contributed by atoms with Crippen molar-refractivity contribution in [3.63, 3.8) is 0 Å². The number of hydrogen-bond acceptors (Lipinski definition) is 3. The van der Waals surface area contributed by atoms with Crippen molar-refractivity contribution in [2.24, 2.45) is 5.92 Å². The van der Waals surface area contributed by atoms with E-state index in [9.17, 15) is 4.79 Å². The monoisotopic (exact) mass is 199 g/mol. The summed E-state index contributed by atoms with van der Waals surface area (Å²) in [6.45, 7) is 1.53. The van der Waals surface area contributed by atoms with Gasteiger partial charge in [-0.3, -0.25) is 9.69 Å². The molecule has 2 bridgehead atoms. The van der Waals surface area contributed by atoms with Crippen molar-refractivity contribution in [2.75, 3.05) is 20.3 Å². The minimum atomic E-state index is -0.668. The number of hydrogen-bond donors (Lipinski definition) is 1. The fraction of sp³-hybridized carbons (Fsp3) is 0.900. The number of morpholine rings is 1. The predicted octanol–water partition coefficient (Wildman–Crippen LogP) is 0.570. The SMILES string of the molecule is CN1[C@@H]2COC[C@H]1C[C@@H](CC(=O)O)C2. The largest absolute Gasteiger partial charge is 0.481 e. The molecule has 0 aromatic carbocycles. The van der Waals surface area contributed by atoms with Crippen LogP contribution in [0.1, 0.15) is 19.3 Å². The number of rotatable bonds is 2. The zero-order chi connectivity index (χ0) is 10.1. The third kappa shape index (κ3) is 1.91. The van der Waals surface area contributed by atoms with Crippen LogP contribution in [0, 0.1) is 5.92 Å². The Bertz CT molecular complexity index is 217. The van der Waals surface area contributed by atoms with Crippen molar-refractivity contribution >= 4 is 5.97 Å². The molecule has 0 radical (unpaired) electrons. The van der Waals surface area contributed by atoms with Gasteiger partial charge in [0.25, 0.3) is 0 Å². The Balaban J connectivity index is 1.97. The number of aliphatic carboxylic acids is 1. The summed E-state index contributed by atoms with van der Waals surface area (Å²) in [7, 11) is 2.12. The van der Waals surface area contributed by atoms with Gasteiger partial charge < -0.3 is 9.84 Å². The van der Waals surface area contributed by atoms with Gasteiger partial charge in [-0.15, -0.1) is 0 Å². The molecule has 0 unspecified atom stereocenters. The van der Waals surface area contributed by atoms with Gasteiger partial charge in [0, 0.05) is 18.5 Å². The molecular formula is C10H17NO3. The van der Waals surface area contributed by atoms with E-state index in [2.05, 4.69) is 11.9 Å². The topological polar surface area (TPSA) is 49.8 Å². The zero-order valence-electron chi connectivity index (χ0n) is 8.48. The van der Waals surface area contributed by atoms with Gasteiger partial charge in [0.05, 0.1) is 13.2 Å². The first kappa shape index (κ1) is 9.93. The molecule has 2 saturated heterocycles. The lowest BCUT2D eigenvalue weighted by atomic mass is 9.83. The Morgan fingerprint density at radius 1 is 1.43 bits per heavy atom. The summed E-state index contributed by atoms with van der Waals surface area (Å²) in [5.74, 6) is -0.318. The molecule has 0 aromatic heterocycles. The molecule has 1 N–H and O–H groups in total. The summed E-state index contributed by atoms with van der Waals surface area (Å²) in [5, 5.41) is 8.75. The fourth-order valence-corrected chi connectivity index (χ4v) is 2.62. The van der Waals surface area contributed by atoms with Crippen LogP contribution in [0.5, 0.6) is 0 Å². The van der Waals surface area contributed by atoms with Crippen LogP contribution in [0.2, 0.25) is 0 Å². The van der Waals surface area contributed by atoms with Crippen LogP contribution >= 0.6 is 0 Å². The molecule has 2 fully saturated rings. The molecule has 2 aliphatic rings. The lowest BCUT2D eigenvalue weighted by Crippen LogP contribution is -2.55. The smallest absolute Gasteiger partial charge is 0.303 e. The molecule has 0 spiro atoms. The highest BCUT2D eigenvalue weighted by Gasteiger charge is 2.37. The number of ether oxygens (including phenoxy) is 1. The van der Waals surface area contributed by atoms with E-state index >= 15 is 0 Å². The Morgan fingerprint density at radius 3 is 2.50 bits per heavy atom. The van der Waals surface area contributed by atoms with Crippen molar-refractivity contribution in [1.29, 1.82) is 0 Å². The second kappa shape index (κ2) is 3.87. The zero-order valence-corrected chi connectivity index (χ0v) is 8.48. The quantitative estimate of drug-likeness (QED) is 0.706. The van der Waals surface area contributed by atoms with Crippen molar-refractivity contribution in [2.45, 2.75) is 31.3 Å². The Kier molecular flexibility index (Phi) is 2.74. The highest BCUT2D eigenvalue weighted by atomic mass is 16.5. The van der Waals surface area contributed by atoms with E-state index in [1.54, 1.807) is 0 Å². The second-order valence-corrected chi connectivity index (χ2v) is 4.45. The number of likely N-dealkylation sites (N-methyl/N-ethyl adjacent to an activating group) is 1. The Hall–Kier alpha value is -0.610. The van der Waals surface area contributed by atoms with Crippen molar-refractivity contribution in [3.05, 3.63) is 0 Å². The summed E-state index contributed by atoms with van der Waals surface area (Å²) < 4.78 is 5.47. The normalized spacial score (nSPS) is 38.2. The van der Waals surface area contributed by atoms with Gasteiger partial charge in [0.15, 0.2) is 0 Å². The highest BCUT2D eigenvalue weighted by molar-refractivity contribution is 5.67. The molecule has 2 heterocycles. The summed E-state index contributed by atoms with van der Waals surface area (Å²) in [6, 6.07) is 0.874. The molecule has 4 heteroatoms. The molecule has 0 amide bonds. The molecule has 0 aromatic rings. The number of fused-ring (bicyclic) bond motifs is 2. The lowest BCUT2D eigenvalue weighted by molar-refractivity contribution is -0.140. The molecule has 2 aliphatic heterocycles.